The number of aromatic amines is 4. The van der Waals surface area contributed by atoms with Crippen molar-refractivity contribution in [1.29, 1.82) is 0 Å². The third-order valence-electron chi connectivity index (χ3n) is 20.1. The van der Waals surface area contributed by atoms with E-state index in [0.717, 1.165) is 55.5 Å². The molecule has 0 amide bonds. The minimum Gasteiger partial charge on any atom is -0.354 e. The lowest BCUT2D eigenvalue weighted by molar-refractivity contribution is 0.430. The molecular formula is C93H60F8N8S2. The van der Waals surface area contributed by atoms with Crippen LogP contribution in [0.25, 0.3) is 182 Å². The molecule has 540 valence electrons. The molecule has 16 bridgehead atoms. The molecule has 4 aliphatic rings. The van der Waals surface area contributed by atoms with E-state index in [4.69, 9.17) is 19.9 Å². The molecule has 0 spiro atoms. The molecule has 6 aromatic heterocycles. The van der Waals surface area contributed by atoms with E-state index in [1.807, 2.05) is 231 Å². The summed E-state index contributed by atoms with van der Waals surface area (Å²) in [6.07, 6.45) is 14.9. The molecule has 0 fully saturated rings. The highest BCUT2D eigenvalue weighted by atomic mass is 32.2. The molecule has 4 aliphatic heterocycles. The number of hydrogen-bond acceptors (Lipinski definition) is 6. The molecular weight excluding hydrogens is 1450 g/mol. The summed E-state index contributed by atoms with van der Waals surface area (Å²) in [7, 11) is 0. The lowest BCUT2D eigenvalue weighted by Gasteiger charge is -2.13. The first-order valence-electron chi connectivity index (χ1n) is 36.0. The molecule has 8 nitrogen and oxygen atoms in total. The number of benzene rings is 8. The normalized spacial score (nSPS) is 12.3. The molecule has 18 rings (SSSR count). The quantitative estimate of drug-likeness (QED) is 0.0332. The minimum absolute atomic E-state index is 0.0142. The number of fused-ring (bicyclic) bond motifs is 16. The molecule has 8 aromatic carbocycles. The molecule has 18 heteroatoms. The van der Waals surface area contributed by atoms with Crippen molar-refractivity contribution in [2.45, 2.75) is 29.1 Å². The topological polar surface area (TPSA) is 115 Å². The van der Waals surface area contributed by atoms with E-state index >= 15 is 35.1 Å². The molecule has 14 aromatic rings. The third-order valence-corrected chi connectivity index (χ3v) is 22.4. The summed E-state index contributed by atoms with van der Waals surface area (Å²) < 4.78 is 137. The maximum atomic E-state index is 17.4. The van der Waals surface area contributed by atoms with Crippen LogP contribution in [-0.4, -0.2) is 51.4 Å². The van der Waals surface area contributed by atoms with Crippen LogP contribution in [-0.2, 0) is 0 Å². The second-order valence-corrected chi connectivity index (χ2v) is 29.1. The lowest BCUT2D eigenvalue weighted by Crippen LogP contribution is -2.04. The van der Waals surface area contributed by atoms with E-state index < -0.39 is 67.5 Å². The summed E-state index contributed by atoms with van der Waals surface area (Å²) in [6, 6.07) is 72.2. The van der Waals surface area contributed by atoms with Gasteiger partial charge in [0.05, 0.1) is 66.5 Å². The average molecular weight is 1510 g/mol. The van der Waals surface area contributed by atoms with Gasteiger partial charge in [0, 0.05) is 88.6 Å². The van der Waals surface area contributed by atoms with Gasteiger partial charge in [-0.05, 0) is 155 Å². The Balaban J connectivity index is 0.664. The molecule has 10 heterocycles. The van der Waals surface area contributed by atoms with Crippen molar-refractivity contribution in [3.8, 4) is 89.0 Å². The molecule has 0 atom stereocenters. The molecule has 0 unspecified atom stereocenters. The number of nitrogens with one attached hydrogen (secondary N) is 4. The number of aromatic nitrogens is 8. The predicted molar refractivity (Wildman–Crippen MR) is 436 cm³/mol. The smallest absolute Gasteiger partial charge is 0.176 e. The molecule has 0 radical (unpaired) electrons. The van der Waals surface area contributed by atoms with Crippen LogP contribution < -0.4 is 0 Å². The van der Waals surface area contributed by atoms with Crippen LogP contribution in [0.3, 0.4) is 0 Å². The van der Waals surface area contributed by atoms with E-state index in [1.165, 1.54) is 0 Å². The summed E-state index contributed by atoms with van der Waals surface area (Å²) >= 11 is 1.14. The Morgan fingerprint density at radius 1 is 0.198 bits per heavy atom. The Morgan fingerprint density at radius 3 is 0.577 bits per heavy atom. The zero-order valence-electron chi connectivity index (χ0n) is 58.7. The van der Waals surface area contributed by atoms with Gasteiger partial charge in [-0.15, -0.1) is 23.5 Å². The fourth-order valence-electron chi connectivity index (χ4n) is 15.0. The molecule has 111 heavy (non-hydrogen) atoms. The van der Waals surface area contributed by atoms with Crippen LogP contribution in [0.15, 0.2) is 240 Å². The van der Waals surface area contributed by atoms with Crippen molar-refractivity contribution in [3.05, 3.63) is 323 Å². The SMILES string of the molecule is Fc1c(F)c(-c2c3nc(c(-c4ccccc4)c4ccc([nH]4)c(-c4ccccc4)c4nc(c(-c5ccccc5)c5ccc2[nH]5)C=C4)C=C3)c(F)c(F)c1SCCCCCSc1c(F)c(F)c(-c2c3nc(c(-c4ccccc4)c4ccc([nH]4)c(-c4ccccc4)c4nc(c(-c5ccccc5)c5ccc2[nH]5)C=C4)C=C3)c(F)c1F. The van der Waals surface area contributed by atoms with Crippen LogP contribution in [0.5, 0.6) is 0 Å². The lowest BCUT2D eigenvalue weighted by atomic mass is 10.0. The average Bonchev–Trinajstić information content (AvgIpc) is 1.69. The van der Waals surface area contributed by atoms with Gasteiger partial charge in [-0.2, -0.15) is 0 Å². The van der Waals surface area contributed by atoms with Gasteiger partial charge in [0.15, 0.2) is 46.5 Å². The van der Waals surface area contributed by atoms with E-state index in [9.17, 15) is 0 Å². The van der Waals surface area contributed by atoms with Gasteiger partial charge in [0.25, 0.3) is 0 Å². The van der Waals surface area contributed by atoms with Crippen molar-refractivity contribution in [2.24, 2.45) is 0 Å². The maximum absolute atomic E-state index is 17.4. The summed E-state index contributed by atoms with van der Waals surface area (Å²) in [5.41, 5.74) is 13.9. The minimum atomic E-state index is -1.65. The Morgan fingerprint density at radius 2 is 0.378 bits per heavy atom. The number of thioether (sulfide) groups is 2. The zero-order chi connectivity index (χ0) is 75.4. The molecule has 0 aliphatic carbocycles. The predicted octanol–water partition coefficient (Wildman–Crippen LogP) is 26.1. The third kappa shape index (κ3) is 12.9. The highest BCUT2D eigenvalue weighted by Gasteiger charge is 2.33. The maximum Gasteiger partial charge on any atom is 0.176 e. The number of unbranched alkanes of at least 4 members (excludes halogenated alkanes) is 2. The van der Waals surface area contributed by atoms with Crippen LogP contribution in [0.1, 0.15) is 64.8 Å². The van der Waals surface area contributed by atoms with Crippen molar-refractivity contribution >= 4 is 116 Å². The Bertz CT molecular complexity index is 6040. The van der Waals surface area contributed by atoms with Crippen LogP contribution in [0.4, 0.5) is 35.1 Å². The molecule has 4 N–H and O–H groups in total. The summed E-state index contributed by atoms with van der Waals surface area (Å²) in [6.45, 7) is 0. The summed E-state index contributed by atoms with van der Waals surface area (Å²) in [4.78, 5) is 32.9. The van der Waals surface area contributed by atoms with Gasteiger partial charge in [-0.25, -0.2) is 55.1 Å². The number of halogens is 8. The monoisotopic (exact) mass is 1500 g/mol. The van der Waals surface area contributed by atoms with Gasteiger partial charge < -0.3 is 19.9 Å². The fourth-order valence-corrected chi connectivity index (χ4v) is 17.0. The summed E-state index contributed by atoms with van der Waals surface area (Å²) in [5.74, 6) is -13.2. The fraction of sp³-hybridized carbons (Fsp3) is 0.0538. The van der Waals surface area contributed by atoms with Gasteiger partial charge in [0.2, 0.25) is 0 Å². The second-order valence-electron chi connectivity index (χ2n) is 26.9. The van der Waals surface area contributed by atoms with E-state index in [1.54, 1.807) is 48.6 Å². The van der Waals surface area contributed by atoms with Gasteiger partial charge >= 0.3 is 0 Å². The summed E-state index contributed by atoms with van der Waals surface area (Å²) in [5, 5.41) is 0. The number of rotatable bonds is 16. The largest absolute Gasteiger partial charge is 0.354 e. The van der Waals surface area contributed by atoms with Crippen LogP contribution in [0, 0.1) is 46.5 Å². The van der Waals surface area contributed by atoms with Gasteiger partial charge in [-0.1, -0.05) is 188 Å². The highest BCUT2D eigenvalue weighted by molar-refractivity contribution is 7.99. The second kappa shape index (κ2) is 29.6. The standard InChI is InChI=1S/C93H60F8N8S2/c94-84-82(80-70-46-42-66(106-70)76(54-26-12-3-13-27-54)62-38-34-58(102-62)74(52-22-8-1-9-23-52)59-35-39-63(103-59)77(55-28-14-4-15-29-55)67-43-47-71(80)107-67)85(95)89(99)92(88(84)98)110-50-20-7-21-51-111-93-90(100)86(96)83(87(97)91(93)101)81-72-48-44-68(108-72)78(56-30-16-5-17-31-56)64-40-36-60(104-64)75(53-24-10-2-11-25-53)61-37-41-65(105-61)79(57-32-18-6-19-33-57)69-45-49-73(81)109-69/h1-6,8-19,22-49,102,104,107,109H,7,20-21,50-51H2. The Hall–Kier alpha value is -12.9. The number of hydrogen-bond donors (Lipinski definition) is 4. The number of nitrogens with zero attached hydrogens (tertiary/aromatic N) is 4. The van der Waals surface area contributed by atoms with E-state index in [0.29, 0.717) is 102 Å². The number of H-pyrrole nitrogens is 4. The van der Waals surface area contributed by atoms with E-state index in [-0.39, 0.29) is 64.3 Å². The zero-order valence-corrected chi connectivity index (χ0v) is 60.4. The van der Waals surface area contributed by atoms with Gasteiger partial charge in [0.1, 0.15) is 0 Å². The first kappa shape index (κ1) is 69.8. The van der Waals surface area contributed by atoms with E-state index in [2.05, 4.69) is 19.9 Å². The first-order valence-corrected chi connectivity index (χ1v) is 38.0. The molecule has 0 saturated heterocycles. The van der Waals surface area contributed by atoms with Crippen LogP contribution >= 0.6 is 23.5 Å². The Labute approximate surface area is 639 Å². The van der Waals surface area contributed by atoms with Gasteiger partial charge in [-0.3, -0.25) is 0 Å². The van der Waals surface area contributed by atoms with Crippen molar-refractivity contribution in [2.75, 3.05) is 11.5 Å². The van der Waals surface area contributed by atoms with Crippen molar-refractivity contribution in [3.63, 3.8) is 0 Å². The van der Waals surface area contributed by atoms with Crippen LogP contribution in [0.2, 0.25) is 0 Å². The van der Waals surface area contributed by atoms with Crippen molar-refractivity contribution in [1.82, 2.24) is 39.9 Å². The Kier molecular flexibility index (Phi) is 18.6. The van der Waals surface area contributed by atoms with Crippen molar-refractivity contribution < 1.29 is 35.1 Å². The molecule has 0 saturated carbocycles. The highest BCUT2D eigenvalue weighted by Crippen LogP contribution is 2.46. The first-order chi connectivity index (χ1) is 54.4.